The van der Waals surface area contributed by atoms with Gasteiger partial charge < -0.3 is 10.1 Å². The molecule has 0 radical (unpaired) electrons. The van der Waals surface area contributed by atoms with Crippen LogP contribution in [0.15, 0.2) is 42.6 Å². The third kappa shape index (κ3) is 5.06. The Labute approximate surface area is 133 Å². The zero-order valence-electron chi connectivity index (χ0n) is 12.7. The second-order valence-electron chi connectivity index (χ2n) is 4.94. The molecule has 1 heterocycles. The molecule has 1 aromatic heterocycles. The number of aromatic nitrogens is 1. The number of nitrogens with one attached hydrogen (secondary N) is 1. The van der Waals surface area contributed by atoms with Crippen molar-refractivity contribution < 1.29 is 14.5 Å². The summed E-state index contributed by atoms with van der Waals surface area (Å²) in [4.78, 5) is 25.7. The molecule has 0 spiro atoms. The molecule has 0 fully saturated rings. The molecular formula is C16H17N3O4. The normalized spacial score (nSPS) is 10.1. The predicted molar refractivity (Wildman–Crippen MR) is 85.5 cm³/mol. The molecule has 2 aromatic rings. The van der Waals surface area contributed by atoms with Gasteiger partial charge in [-0.3, -0.25) is 10.1 Å². The summed E-state index contributed by atoms with van der Waals surface area (Å²) in [7, 11) is 0. The van der Waals surface area contributed by atoms with E-state index in [0.29, 0.717) is 24.3 Å². The van der Waals surface area contributed by atoms with Crippen molar-refractivity contribution in [2.75, 3.05) is 18.5 Å². The predicted octanol–water partition coefficient (Wildman–Crippen LogP) is 2.96. The number of carbonyl (C=O) groups is 1. The van der Waals surface area contributed by atoms with Crippen LogP contribution < -0.4 is 5.32 Å². The standard InChI is InChI=1S/C16H17N3O4/c1-12-3-5-13(6-4-12)16(20)23-10-2-9-17-15-8-7-14(11-18-15)19(21)22/h3-8,11H,2,9-10H2,1H3,(H,17,18). The lowest BCUT2D eigenvalue weighted by Crippen LogP contribution is -2.11. The van der Waals surface area contributed by atoms with Crippen molar-refractivity contribution >= 4 is 17.5 Å². The van der Waals surface area contributed by atoms with Gasteiger partial charge in [-0.25, -0.2) is 9.78 Å². The number of pyridine rings is 1. The number of rotatable bonds is 7. The van der Waals surface area contributed by atoms with Crippen LogP contribution >= 0.6 is 0 Å². The van der Waals surface area contributed by atoms with Crippen molar-refractivity contribution in [1.29, 1.82) is 0 Å². The second-order valence-corrected chi connectivity index (χ2v) is 4.94. The van der Waals surface area contributed by atoms with E-state index in [2.05, 4.69) is 10.3 Å². The Bertz CT molecular complexity index is 669. The summed E-state index contributed by atoms with van der Waals surface area (Å²) in [5.74, 6) is 0.193. The quantitative estimate of drug-likeness (QED) is 0.365. The fraction of sp³-hybridized carbons (Fsp3) is 0.250. The molecule has 2 rings (SSSR count). The zero-order valence-corrected chi connectivity index (χ0v) is 12.7. The number of benzene rings is 1. The van der Waals surface area contributed by atoms with E-state index in [4.69, 9.17) is 4.74 Å². The molecule has 0 aliphatic carbocycles. The lowest BCUT2D eigenvalue weighted by molar-refractivity contribution is -0.385. The highest BCUT2D eigenvalue weighted by atomic mass is 16.6. The molecule has 0 saturated carbocycles. The topological polar surface area (TPSA) is 94.4 Å². The summed E-state index contributed by atoms with van der Waals surface area (Å²) in [5, 5.41) is 13.5. The molecule has 1 aromatic carbocycles. The van der Waals surface area contributed by atoms with E-state index in [9.17, 15) is 14.9 Å². The minimum Gasteiger partial charge on any atom is -0.462 e. The Kier molecular flexibility index (Phi) is 5.62. The summed E-state index contributed by atoms with van der Waals surface area (Å²) < 4.78 is 5.17. The van der Waals surface area contributed by atoms with Gasteiger partial charge in [0.05, 0.1) is 17.1 Å². The van der Waals surface area contributed by atoms with Crippen LogP contribution in [0.5, 0.6) is 0 Å². The molecule has 1 N–H and O–H groups in total. The Hall–Kier alpha value is -2.96. The smallest absolute Gasteiger partial charge is 0.338 e. The van der Waals surface area contributed by atoms with Gasteiger partial charge in [-0.1, -0.05) is 17.7 Å². The Balaban J connectivity index is 1.68. The first-order valence-corrected chi connectivity index (χ1v) is 7.14. The molecule has 0 aliphatic rings. The molecule has 23 heavy (non-hydrogen) atoms. The van der Waals surface area contributed by atoms with E-state index < -0.39 is 4.92 Å². The third-order valence-corrected chi connectivity index (χ3v) is 3.11. The number of esters is 1. The molecule has 0 bridgehead atoms. The fourth-order valence-electron chi connectivity index (χ4n) is 1.83. The van der Waals surface area contributed by atoms with Gasteiger partial charge in [0, 0.05) is 12.6 Å². The Morgan fingerprint density at radius 2 is 2.00 bits per heavy atom. The van der Waals surface area contributed by atoms with Crippen LogP contribution in [-0.2, 0) is 4.74 Å². The largest absolute Gasteiger partial charge is 0.462 e. The van der Waals surface area contributed by atoms with Crippen LogP contribution in [0, 0.1) is 17.0 Å². The molecule has 7 heteroatoms. The van der Waals surface area contributed by atoms with Gasteiger partial charge in [0.2, 0.25) is 0 Å². The number of nitro groups is 1. The summed E-state index contributed by atoms with van der Waals surface area (Å²) >= 11 is 0. The maximum Gasteiger partial charge on any atom is 0.338 e. The minimum atomic E-state index is -0.499. The molecule has 0 amide bonds. The van der Waals surface area contributed by atoms with Crippen molar-refractivity contribution in [3.8, 4) is 0 Å². The second kappa shape index (κ2) is 7.88. The number of aryl methyl sites for hydroxylation is 1. The van der Waals surface area contributed by atoms with Crippen molar-refractivity contribution in [3.63, 3.8) is 0 Å². The minimum absolute atomic E-state index is 0.0532. The van der Waals surface area contributed by atoms with Gasteiger partial charge in [0.25, 0.3) is 5.69 Å². The van der Waals surface area contributed by atoms with Crippen LogP contribution in [0.3, 0.4) is 0 Å². The van der Waals surface area contributed by atoms with Crippen molar-refractivity contribution in [3.05, 3.63) is 63.8 Å². The third-order valence-electron chi connectivity index (χ3n) is 3.11. The van der Waals surface area contributed by atoms with E-state index in [-0.39, 0.29) is 18.3 Å². The number of nitrogens with zero attached hydrogens (tertiary/aromatic N) is 2. The average molecular weight is 315 g/mol. The lowest BCUT2D eigenvalue weighted by atomic mass is 10.1. The first-order valence-electron chi connectivity index (χ1n) is 7.14. The maximum atomic E-state index is 11.8. The van der Waals surface area contributed by atoms with E-state index in [1.807, 2.05) is 19.1 Å². The Morgan fingerprint density at radius 1 is 1.26 bits per heavy atom. The van der Waals surface area contributed by atoms with E-state index >= 15 is 0 Å². The molecule has 7 nitrogen and oxygen atoms in total. The van der Waals surface area contributed by atoms with Crippen LogP contribution in [0.2, 0.25) is 0 Å². The van der Waals surface area contributed by atoms with Crippen LogP contribution in [0.4, 0.5) is 11.5 Å². The summed E-state index contributed by atoms with van der Waals surface area (Å²) in [6.45, 7) is 2.78. The number of anilines is 1. The maximum absolute atomic E-state index is 11.8. The molecule has 0 aliphatic heterocycles. The van der Waals surface area contributed by atoms with Crippen molar-refractivity contribution in [2.45, 2.75) is 13.3 Å². The van der Waals surface area contributed by atoms with Gasteiger partial charge in [-0.2, -0.15) is 0 Å². The number of hydrogen-bond donors (Lipinski definition) is 1. The fourth-order valence-corrected chi connectivity index (χ4v) is 1.83. The van der Waals surface area contributed by atoms with E-state index in [0.717, 1.165) is 5.56 Å². The van der Waals surface area contributed by atoms with Gasteiger partial charge in [-0.05, 0) is 31.5 Å². The number of hydrogen-bond acceptors (Lipinski definition) is 6. The Morgan fingerprint density at radius 3 is 2.61 bits per heavy atom. The average Bonchev–Trinajstić information content (AvgIpc) is 2.55. The molecule has 120 valence electrons. The van der Waals surface area contributed by atoms with Crippen molar-refractivity contribution in [2.24, 2.45) is 0 Å². The van der Waals surface area contributed by atoms with Gasteiger partial charge in [0.15, 0.2) is 0 Å². The number of carbonyl (C=O) groups excluding carboxylic acids is 1. The summed E-state index contributed by atoms with van der Waals surface area (Å²) in [6.07, 6.45) is 1.80. The van der Waals surface area contributed by atoms with Crippen LogP contribution in [0.25, 0.3) is 0 Å². The van der Waals surface area contributed by atoms with E-state index in [1.54, 1.807) is 12.1 Å². The highest BCUT2D eigenvalue weighted by molar-refractivity contribution is 5.89. The lowest BCUT2D eigenvalue weighted by Gasteiger charge is -2.07. The SMILES string of the molecule is Cc1ccc(C(=O)OCCCNc2ccc([N+](=O)[O-])cn2)cc1. The summed E-state index contributed by atoms with van der Waals surface area (Å²) in [5.41, 5.74) is 1.56. The zero-order chi connectivity index (χ0) is 16.7. The first kappa shape index (κ1) is 16.4. The highest BCUT2D eigenvalue weighted by Gasteiger charge is 2.07. The van der Waals surface area contributed by atoms with Crippen LogP contribution in [0.1, 0.15) is 22.3 Å². The summed E-state index contributed by atoms with van der Waals surface area (Å²) in [6, 6.07) is 10.1. The molecular weight excluding hydrogens is 298 g/mol. The van der Waals surface area contributed by atoms with Crippen LogP contribution in [-0.4, -0.2) is 29.0 Å². The van der Waals surface area contributed by atoms with Gasteiger partial charge >= 0.3 is 5.97 Å². The molecule has 0 atom stereocenters. The van der Waals surface area contributed by atoms with Gasteiger partial charge in [0.1, 0.15) is 12.0 Å². The van der Waals surface area contributed by atoms with E-state index in [1.165, 1.54) is 18.3 Å². The monoisotopic (exact) mass is 315 g/mol. The van der Waals surface area contributed by atoms with Crippen molar-refractivity contribution in [1.82, 2.24) is 4.98 Å². The molecule has 0 unspecified atom stereocenters. The van der Waals surface area contributed by atoms with Gasteiger partial charge in [-0.15, -0.1) is 0 Å². The molecule has 0 saturated heterocycles. The number of ether oxygens (including phenoxy) is 1. The first-order chi connectivity index (χ1) is 11.1. The highest BCUT2D eigenvalue weighted by Crippen LogP contribution is 2.11.